The van der Waals surface area contributed by atoms with Crippen LogP contribution in [0.2, 0.25) is 0 Å². The van der Waals surface area contributed by atoms with Gasteiger partial charge in [-0.3, -0.25) is 0 Å². The molecule has 0 saturated carbocycles. The summed E-state index contributed by atoms with van der Waals surface area (Å²) >= 11 is 0. The van der Waals surface area contributed by atoms with Crippen LogP contribution in [0.5, 0.6) is 0 Å². The number of hydrogen-bond donors (Lipinski definition) is 5. The molecule has 0 rings (SSSR count). The molecule has 7 heteroatoms. The molecular weight excluding hydrogens is 274 g/mol. The minimum absolute atomic E-state index is 0.0187. The van der Waals surface area contributed by atoms with Crippen molar-refractivity contribution in [2.24, 2.45) is 0 Å². The van der Waals surface area contributed by atoms with E-state index < -0.39 is 30.7 Å². The molecule has 5 N–H and O–H groups in total. The fourth-order valence-corrected chi connectivity index (χ4v) is 1.91. The van der Waals surface area contributed by atoms with E-state index >= 15 is 0 Å². The van der Waals surface area contributed by atoms with Gasteiger partial charge in [0.25, 0.3) is 0 Å². The summed E-state index contributed by atoms with van der Waals surface area (Å²) in [6.45, 7) is -0.356. The van der Waals surface area contributed by atoms with Gasteiger partial charge in [-0.05, 0) is 25.7 Å². The van der Waals surface area contributed by atoms with Crippen LogP contribution in [-0.2, 0) is 0 Å². The Hall–Kier alpha value is -0.340. The third-order valence-electron chi connectivity index (χ3n) is 3.14. The van der Waals surface area contributed by atoms with Crippen molar-refractivity contribution in [3.8, 4) is 0 Å². The van der Waals surface area contributed by atoms with E-state index in [-0.39, 0.29) is 51.7 Å². The first-order chi connectivity index (χ1) is 9.42. The van der Waals surface area contributed by atoms with E-state index in [1.165, 1.54) is 0 Å². The Morgan fingerprint density at radius 1 is 0.700 bits per heavy atom. The molecule has 0 aromatic carbocycles. The lowest BCUT2D eigenvalue weighted by Crippen LogP contribution is -2.32. The van der Waals surface area contributed by atoms with E-state index in [0.29, 0.717) is 0 Å². The lowest BCUT2D eigenvalue weighted by atomic mass is 9.98. The number of aliphatic hydroxyl groups excluding tert-OH is 5. The van der Waals surface area contributed by atoms with Crippen molar-refractivity contribution >= 4 is 0 Å². The van der Waals surface area contributed by atoms with Gasteiger partial charge in [0, 0.05) is 26.1 Å². The number of hydrogen-bond acceptors (Lipinski definition) is 5. The lowest BCUT2D eigenvalue weighted by Gasteiger charge is -2.22. The van der Waals surface area contributed by atoms with Gasteiger partial charge in [-0.2, -0.15) is 0 Å². The summed E-state index contributed by atoms with van der Waals surface area (Å²) in [5, 5.41) is 45.6. The molecule has 0 aromatic rings. The average Bonchev–Trinajstić information content (AvgIpc) is 2.41. The quantitative estimate of drug-likeness (QED) is 0.351. The third-order valence-corrected chi connectivity index (χ3v) is 3.14. The smallest absolute Gasteiger partial charge is 0.126 e. The molecule has 0 unspecified atom stereocenters. The molecule has 5 nitrogen and oxygen atoms in total. The van der Waals surface area contributed by atoms with Gasteiger partial charge in [0.2, 0.25) is 0 Å². The molecule has 0 spiro atoms. The summed E-state index contributed by atoms with van der Waals surface area (Å²) in [4.78, 5) is 0. The van der Waals surface area contributed by atoms with Crippen LogP contribution >= 0.6 is 0 Å². The second kappa shape index (κ2) is 11.3. The summed E-state index contributed by atoms with van der Waals surface area (Å²) in [6.07, 6.45) is -7.35. The zero-order valence-corrected chi connectivity index (χ0v) is 11.5. The molecule has 20 heavy (non-hydrogen) atoms. The van der Waals surface area contributed by atoms with Gasteiger partial charge in [-0.15, -0.1) is 0 Å². The zero-order valence-electron chi connectivity index (χ0n) is 11.5. The number of aliphatic hydroxyl groups is 5. The fraction of sp³-hybridized carbons (Fsp3) is 1.00. The van der Waals surface area contributed by atoms with Crippen molar-refractivity contribution in [1.29, 1.82) is 0 Å². The molecule has 0 aliphatic rings. The maximum atomic E-state index is 13.4. The van der Waals surface area contributed by atoms with Crippen LogP contribution in [0.1, 0.15) is 38.5 Å². The summed E-state index contributed by atoms with van der Waals surface area (Å²) < 4.78 is 26.7. The highest BCUT2D eigenvalue weighted by Crippen LogP contribution is 2.17. The van der Waals surface area contributed by atoms with Crippen LogP contribution in [0.4, 0.5) is 8.78 Å². The second-order valence-corrected chi connectivity index (χ2v) is 5.02. The van der Waals surface area contributed by atoms with E-state index in [2.05, 4.69) is 0 Å². The monoisotopic (exact) mass is 300 g/mol. The van der Waals surface area contributed by atoms with Crippen molar-refractivity contribution in [2.45, 2.75) is 69.2 Å². The Bertz CT molecular complexity index is 211. The van der Waals surface area contributed by atoms with Crippen molar-refractivity contribution in [1.82, 2.24) is 0 Å². The van der Waals surface area contributed by atoms with Gasteiger partial charge in [0.1, 0.15) is 12.3 Å². The number of alkyl halides is 2. The molecule has 0 amide bonds. The highest BCUT2D eigenvalue weighted by molar-refractivity contribution is 4.76. The maximum absolute atomic E-state index is 13.4. The molecule has 122 valence electrons. The van der Waals surface area contributed by atoms with Gasteiger partial charge < -0.3 is 25.5 Å². The van der Waals surface area contributed by atoms with Crippen LogP contribution in [0.25, 0.3) is 0 Å². The topological polar surface area (TPSA) is 101 Å². The van der Waals surface area contributed by atoms with Crippen molar-refractivity contribution < 1.29 is 34.3 Å². The molecule has 0 radical (unpaired) electrons. The predicted molar refractivity (Wildman–Crippen MR) is 69.7 cm³/mol. The first-order valence-electron chi connectivity index (χ1n) is 6.96. The molecule has 0 bridgehead atoms. The average molecular weight is 300 g/mol. The molecule has 0 saturated heterocycles. The largest absolute Gasteiger partial charge is 0.396 e. The molecule has 0 aliphatic carbocycles. The zero-order chi connectivity index (χ0) is 15.5. The van der Waals surface area contributed by atoms with Crippen LogP contribution in [0.15, 0.2) is 0 Å². The van der Waals surface area contributed by atoms with E-state index in [9.17, 15) is 24.1 Å². The van der Waals surface area contributed by atoms with Crippen molar-refractivity contribution in [2.75, 3.05) is 13.2 Å². The Morgan fingerprint density at radius 3 is 1.35 bits per heavy atom. The SMILES string of the molecule is OCCC[C@@H](F)[C@@H](O)CC(O)C[C@H](O)[C@H](F)CCCO. The third kappa shape index (κ3) is 8.76. The Morgan fingerprint density at radius 2 is 1.05 bits per heavy atom. The Kier molecular flexibility index (Phi) is 11.1. The van der Waals surface area contributed by atoms with E-state index in [4.69, 9.17) is 10.2 Å². The molecule has 0 fully saturated rings. The normalized spacial score (nSPS) is 18.0. The van der Waals surface area contributed by atoms with E-state index in [0.717, 1.165) is 0 Å². The maximum Gasteiger partial charge on any atom is 0.126 e. The van der Waals surface area contributed by atoms with Gasteiger partial charge in [-0.1, -0.05) is 0 Å². The molecule has 4 atom stereocenters. The summed E-state index contributed by atoms with van der Waals surface area (Å²) in [5.41, 5.74) is 0. The van der Waals surface area contributed by atoms with Crippen LogP contribution in [-0.4, -0.2) is 69.4 Å². The minimum atomic E-state index is -1.57. The first-order valence-corrected chi connectivity index (χ1v) is 6.96. The van der Waals surface area contributed by atoms with Crippen molar-refractivity contribution in [3.05, 3.63) is 0 Å². The molecule has 0 heterocycles. The number of halogens is 2. The van der Waals surface area contributed by atoms with Crippen molar-refractivity contribution in [3.63, 3.8) is 0 Å². The summed E-state index contributed by atoms with van der Waals surface area (Å²) in [5.74, 6) is 0. The standard InChI is InChI=1S/C13H26F2O5/c14-10(3-1-5-16)12(19)7-9(18)8-13(20)11(15)4-2-6-17/h9-13,16-20H,1-8H2/t10-,11-,12+,13+/m1/s1. The summed E-state index contributed by atoms with van der Waals surface area (Å²) in [7, 11) is 0. The first kappa shape index (κ1) is 19.7. The molecular formula is C13H26F2O5. The van der Waals surface area contributed by atoms with Gasteiger partial charge in [-0.25, -0.2) is 8.78 Å². The highest BCUT2D eigenvalue weighted by Gasteiger charge is 2.25. The molecule has 0 aromatic heterocycles. The van der Waals surface area contributed by atoms with Gasteiger partial charge in [0.15, 0.2) is 0 Å². The Balaban J connectivity index is 3.98. The number of rotatable bonds is 12. The van der Waals surface area contributed by atoms with E-state index in [1.807, 2.05) is 0 Å². The second-order valence-electron chi connectivity index (χ2n) is 5.02. The van der Waals surface area contributed by atoms with Crippen LogP contribution < -0.4 is 0 Å². The van der Waals surface area contributed by atoms with Gasteiger partial charge >= 0.3 is 0 Å². The minimum Gasteiger partial charge on any atom is -0.396 e. The molecule has 0 aliphatic heterocycles. The van der Waals surface area contributed by atoms with Gasteiger partial charge in [0.05, 0.1) is 18.3 Å². The van der Waals surface area contributed by atoms with Crippen LogP contribution in [0, 0.1) is 0 Å². The Labute approximate surface area is 117 Å². The van der Waals surface area contributed by atoms with Crippen LogP contribution in [0.3, 0.4) is 0 Å². The predicted octanol–water partition coefficient (Wildman–Crippen LogP) is 0.0705. The van der Waals surface area contributed by atoms with E-state index in [1.54, 1.807) is 0 Å². The lowest BCUT2D eigenvalue weighted by molar-refractivity contribution is -0.0135. The highest BCUT2D eigenvalue weighted by atomic mass is 19.1. The summed E-state index contributed by atoms with van der Waals surface area (Å²) in [6, 6.07) is 0. The fourth-order valence-electron chi connectivity index (χ4n) is 1.91.